The zero-order valence-electron chi connectivity index (χ0n) is 18.1. The van der Waals surface area contributed by atoms with Crippen molar-refractivity contribution in [3.8, 4) is 0 Å². The van der Waals surface area contributed by atoms with Crippen LogP contribution < -0.4 is 20.8 Å². The number of carbonyl (C=O) groups excluding carboxylic acids is 1. The Hall–Kier alpha value is -1.63. The Morgan fingerprint density at radius 2 is 1.70 bits per heavy atom. The first-order valence-corrected chi connectivity index (χ1v) is 13.1. The second-order valence-electron chi connectivity index (χ2n) is 7.60. The number of hydrogen-bond donors (Lipinski definition) is 6. The molecular formula is C18H31N3O10P2. The highest BCUT2D eigenvalue weighted by Crippen LogP contribution is 2.21. The van der Waals surface area contributed by atoms with Crippen LogP contribution in [0.3, 0.4) is 0 Å². The van der Waals surface area contributed by atoms with E-state index < -0.39 is 15.6 Å². The van der Waals surface area contributed by atoms with E-state index in [1.807, 2.05) is 19.2 Å². The number of piperidine rings is 1. The highest BCUT2D eigenvalue weighted by Gasteiger charge is 2.24. The number of esters is 1. The SMILES string of the molecule is Cn1cc(C[C@@H]([NH3+])C(=O)OCC2CC[NH2+]CC2)c2ccccc21.O=P([O-])(O)O.O=P([O-])(O)O. The molecule has 1 aliphatic heterocycles. The summed E-state index contributed by atoms with van der Waals surface area (Å²) in [5.74, 6) is 0.348. The predicted molar refractivity (Wildman–Crippen MR) is 113 cm³/mol. The molecule has 9 N–H and O–H groups in total. The van der Waals surface area contributed by atoms with Gasteiger partial charge >= 0.3 is 5.97 Å². The third-order valence-corrected chi connectivity index (χ3v) is 4.80. The first kappa shape index (κ1) is 29.4. The Balaban J connectivity index is 0.000000460. The minimum absolute atomic E-state index is 0.174. The number of aryl methyl sites for hydroxylation is 1. The van der Waals surface area contributed by atoms with E-state index in [-0.39, 0.29) is 12.0 Å². The van der Waals surface area contributed by atoms with Crippen LogP contribution in [0, 0.1) is 5.92 Å². The fourth-order valence-electron chi connectivity index (χ4n) is 3.42. The molecule has 1 aromatic carbocycles. The van der Waals surface area contributed by atoms with Gasteiger partial charge in [0.25, 0.3) is 15.6 Å². The van der Waals surface area contributed by atoms with Crippen LogP contribution in [-0.2, 0) is 32.1 Å². The van der Waals surface area contributed by atoms with Gasteiger partial charge in [0.05, 0.1) is 19.7 Å². The smallest absolute Gasteiger partial charge is 0.365 e. The first-order valence-electron chi connectivity index (χ1n) is 10.0. The van der Waals surface area contributed by atoms with Crippen molar-refractivity contribution < 1.29 is 59.1 Å². The molecule has 188 valence electrons. The zero-order chi connectivity index (χ0) is 25.2. The number of para-hydroxylation sites is 1. The standard InChI is InChI=1S/C18H25N3O2.2H3O4P/c1-21-11-14(15-4-2-3-5-17(15)21)10-16(19)18(22)23-12-13-6-8-20-9-7-13;2*1-5(2,3)4/h2-5,11,13,16,20H,6-10,12,19H2,1H3;2*(H3,1,2,3,4)/t16-;;/m1../s1. The van der Waals surface area contributed by atoms with Crippen molar-refractivity contribution in [3.05, 3.63) is 36.0 Å². The van der Waals surface area contributed by atoms with Crippen LogP contribution in [0.4, 0.5) is 0 Å². The van der Waals surface area contributed by atoms with E-state index in [2.05, 4.69) is 33.9 Å². The molecule has 2 aromatic rings. The van der Waals surface area contributed by atoms with Crippen LogP contribution in [0.25, 0.3) is 10.9 Å². The van der Waals surface area contributed by atoms with E-state index in [1.54, 1.807) is 0 Å². The van der Waals surface area contributed by atoms with Crippen molar-refractivity contribution in [1.82, 2.24) is 4.57 Å². The molecule has 0 bridgehead atoms. The molecule has 0 unspecified atom stereocenters. The summed E-state index contributed by atoms with van der Waals surface area (Å²) < 4.78 is 25.2. The molecule has 0 saturated carbocycles. The maximum absolute atomic E-state index is 12.2. The molecular weight excluding hydrogens is 480 g/mol. The Labute approximate surface area is 190 Å². The minimum Gasteiger partial charge on any atom is -0.756 e. The summed E-state index contributed by atoms with van der Waals surface area (Å²) in [6, 6.07) is 7.90. The number of benzene rings is 1. The van der Waals surface area contributed by atoms with Crippen molar-refractivity contribution in [1.29, 1.82) is 0 Å². The molecule has 0 spiro atoms. The van der Waals surface area contributed by atoms with Crippen LogP contribution >= 0.6 is 15.6 Å². The normalized spacial score (nSPS) is 15.6. The van der Waals surface area contributed by atoms with E-state index in [9.17, 15) is 4.79 Å². The number of ether oxygens (including phenoxy) is 1. The Bertz CT molecular complexity index is 944. The molecule has 1 aliphatic rings. The number of aromatic nitrogens is 1. The van der Waals surface area contributed by atoms with Crippen molar-refractivity contribution in [2.24, 2.45) is 13.0 Å². The second-order valence-corrected chi connectivity index (χ2v) is 9.57. The van der Waals surface area contributed by atoms with Gasteiger partial charge in [0.15, 0.2) is 6.04 Å². The lowest BCUT2D eigenvalue weighted by Crippen LogP contribution is -2.86. The monoisotopic (exact) mass is 511 g/mol. The number of carbonyl (C=O) groups is 1. The van der Waals surface area contributed by atoms with Gasteiger partial charge in [0.2, 0.25) is 0 Å². The number of fused-ring (bicyclic) bond motifs is 1. The average Bonchev–Trinajstić information content (AvgIpc) is 3.00. The van der Waals surface area contributed by atoms with Gasteiger partial charge < -0.3 is 49.7 Å². The van der Waals surface area contributed by atoms with Crippen LogP contribution in [0.15, 0.2) is 30.5 Å². The molecule has 2 heterocycles. The summed E-state index contributed by atoms with van der Waals surface area (Å²) in [7, 11) is -7.75. The zero-order valence-corrected chi connectivity index (χ0v) is 19.9. The summed E-state index contributed by atoms with van der Waals surface area (Å²) in [6.45, 7) is 2.84. The van der Waals surface area contributed by atoms with Gasteiger partial charge in [-0.2, -0.15) is 0 Å². The maximum Gasteiger partial charge on any atom is 0.365 e. The van der Waals surface area contributed by atoms with E-state index >= 15 is 0 Å². The topological polar surface area (TPSA) is 237 Å². The lowest BCUT2D eigenvalue weighted by molar-refractivity contribution is -0.665. The van der Waals surface area contributed by atoms with Gasteiger partial charge in [0.1, 0.15) is 0 Å². The minimum atomic E-state index is -4.89. The molecule has 3 rings (SSSR count). The predicted octanol–water partition coefficient (Wildman–Crippen LogP) is -3.27. The van der Waals surface area contributed by atoms with E-state index in [0.29, 0.717) is 18.9 Å². The Kier molecular flexibility index (Phi) is 11.9. The lowest BCUT2D eigenvalue weighted by atomic mass is 9.99. The Morgan fingerprint density at radius 3 is 2.24 bits per heavy atom. The second kappa shape index (κ2) is 13.3. The molecule has 1 atom stereocenters. The summed E-state index contributed by atoms with van der Waals surface area (Å²) >= 11 is 0. The van der Waals surface area contributed by atoms with Gasteiger partial charge in [0, 0.05) is 49.3 Å². The van der Waals surface area contributed by atoms with Crippen LogP contribution in [0.5, 0.6) is 0 Å². The largest absolute Gasteiger partial charge is 0.756 e. The summed E-state index contributed by atoms with van der Waals surface area (Å²) in [4.78, 5) is 58.1. The molecule has 15 heteroatoms. The van der Waals surface area contributed by atoms with Gasteiger partial charge in [-0.3, -0.25) is 9.13 Å². The summed E-state index contributed by atoms with van der Waals surface area (Å²) in [6.07, 6.45) is 4.99. The van der Waals surface area contributed by atoms with Crippen molar-refractivity contribution >= 4 is 32.5 Å². The van der Waals surface area contributed by atoms with Gasteiger partial charge in [-0.05, 0) is 11.6 Å². The Morgan fingerprint density at radius 1 is 1.18 bits per heavy atom. The molecule has 1 aromatic heterocycles. The van der Waals surface area contributed by atoms with Crippen LogP contribution in [0.1, 0.15) is 18.4 Å². The average molecular weight is 511 g/mol. The lowest BCUT2D eigenvalue weighted by Gasteiger charge is -2.20. The molecule has 0 radical (unpaired) electrons. The summed E-state index contributed by atoms with van der Waals surface area (Å²) in [5.41, 5.74) is 6.36. The highest BCUT2D eigenvalue weighted by atomic mass is 31.2. The maximum atomic E-state index is 12.2. The fraction of sp³-hybridized carbons (Fsp3) is 0.500. The number of rotatable bonds is 5. The molecule has 0 aliphatic carbocycles. The van der Waals surface area contributed by atoms with Crippen molar-refractivity contribution in [2.75, 3.05) is 19.7 Å². The van der Waals surface area contributed by atoms with Gasteiger partial charge in [-0.25, -0.2) is 4.79 Å². The fourth-order valence-corrected chi connectivity index (χ4v) is 3.42. The molecule has 0 amide bonds. The van der Waals surface area contributed by atoms with Gasteiger partial charge in [-0.1, -0.05) is 18.2 Å². The van der Waals surface area contributed by atoms with E-state index in [4.69, 9.17) is 43.2 Å². The highest BCUT2D eigenvalue weighted by molar-refractivity contribution is 7.43. The molecule has 13 nitrogen and oxygen atoms in total. The van der Waals surface area contributed by atoms with E-state index in [0.717, 1.165) is 31.5 Å². The van der Waals surface area contributed by atoms with Crippen LogP contribution in [0.2, 0.25) is 0 Å². The third-order valence-electron chi connectivity index (χ3n) is 4.80. The number of quaternary nitrogens is 2. The van der Waals surface area contributed by atoms with Crippen molar-refractivity contribution in [2.45, 2.75) is 25.3 Å². The van der Waals surface area contributed by atoms with Crippen LogP contribution in [-0.4, -0.2) is 55.8 Å². The van der Waals surface area contributed by atoms with Crippen molar-refractivity contribution in [3.63, 3.8) is 0 Å². The first-order chi connectivity index (χ1) is 15.1. The number of hydrogen-bond acceptors (Lipinski definition) is 6. The number of nitrogens with two attached hydrogens (primary N) is 1. The molecule has 1 fully saturated rings. The quantitative estimate of drug-likeness (QED) is 0.173. The number of phosphoric acid groups is 2. The molecule has 1 saturated heterocycles. The summed E-state index contributed by atoms with van der Waals surface area (Å²) in [5, 5.41) is 3.52. The van der Waals surface area contributed by atoms with Gasteiger partial charge in [-0.15, -0.1) is 0 Å². The number of nitrogens with zero attached hydrogens (tertiary/aromatic N) is 1. The molecule has 33 heavy (non-hydrogen) atoms. The third kappa shape index (κ3) is 13.6. The van der Waals surface area contributed by atoms with E-state index in [1.165, 1.54) is 10.9 Å².